The topological polar surface area (TPSA) is 97.5 Å². The van der Waals surface area contributed by atoms with Crippen LogP contribution in [0.2, 0.25) is 0 Å². The van der Waals surface area contributed by atoms with E-state index in [0.29, 0.717) is 6.26 Å². The van der Waals surface area contributed by atoms with Gasteiger partial charge in [0.2, 0.25) is 5.91 Å². The van der Waals surface area contributed by atoms with E-state index in [9.17, 15) is 13.2 Å². The van der Waals surface area contributed by atoms with Crippen LogP contribution in [0.4, 0.5) is 0 Å². The molecule has 0 heterocycles. The number of primary amides is 1. The second-order valence-corrected chi connectivity index (χ2v) is 2.81. The van der Waals surface area contributed by atoms with Crippen molar-refractivity contribution in [3.05, 3.63) is 12.7 Å². The van der Waals surface area contributed by atoms with Crippen molar-refractivity contribution in [1.29, 1.82) is 0 Å². The first-order valence-electron chi connectivity index (χ1n) is 2.11. The van der Waals surface area contributed by atoms with Gasteiger partial charge in [-0.3, -0.25) is 9.35 Å². The van der Waals surface area contributed by atoms with Gasteiger partial charge in [-0.15, -0.1) is 0 Å². The molecule has 0 rings (SSSR count). The summed E-state index contributed by atoms with van der Waals surface area (Å²) in [5.41, 5.74) is 4.53. The van der Waals surface area contributed by atoms with E-state index in [4.69, 9.17) is 4.55 Å². The smallest absolute Gasteiger partial charge is 1.00 e. The molecule has 62 valence electrons. The monoisotopic (exact) mass is 191 g/mol. The Hall–Kier alpha value is 0.120. The molecule has 0 aliphatic carbocycles. The van der Waals surface area contributed by atoms with Gasteiger partial charge in [-0.25, -0.2) is 0 Å². The molecule has 0 bridgehead atoms. The molecule has 11 heavy (non-hydrogen) atoms. The van der Waals surface area contributed by atoms with Crippen LogP contribution >= 0.6 is 0 Å². The molecule has 5 nitrogen and oxygen atoms in total. The van der Waals surface area contributed by atoms with Gasteiger partial charge in [0.25, 0.3) is 10.1 Å². The molecule has 0 fully saturated rings. The number of nitrogens with two attached hydrogens (primary N) is 1. The average Bonchev–Trinajstić information content (AvgIpc) is 1.61. The summed E-state index contributed by atoms with van der Waals surface area (Å²) in [5.74, 6) is -0.481. The van der Waals surface area contributed by atoms with Crippen molar-refractivity contribution in [2.75, 3.05) is 6.26 Å². The molecule has 7 heteroatoms. The number of hydrogen-bond acceptors (Lipinski definition) is 3. The first-order valence-corrected chi connectivity index (χ1v) is 3.96. The molecule has 0 saturated heterocycles. The minimum atomic E-state index is -3.67. The Morgan fingerprint density at radius 1 is 1.73 bits per heavy atom. The number of carbonyl (C=O) groups excluding carboxylic acids is 1. The third-order valence-corrected chi connectivity index (χ3v) is 0.201. The van der Waals surface area contributed by atoms with E-state index in [0.717, 1.165) is 6.08 Å². The zero-order valence-electron chi connectivity index (χ0n) is 7.44. The third-order valence-electron chi connectivity index (χ3n) is 0.201. The van der Waals surface area contributed by atoms with Crippen molar-refractivity contribution in [1.82, 2.24) is 0 Å². The second-order valence-electron chi connectivity index (χ2n) is 1.34. The molecule has 0 saturated carbocycles. The molecule has 0 atom stereocenters. The standard InChI is InChI=1S/C3H5NO.CH4O3S.Na.H/c1-2-3(4)5;1-5(2,3)4;;/h2H,1H2,(H2,4,5);1H3,(H,2,3,4);;/q;;+1;-1. The molecular formula is C4H10NNaO4S. The van der Waals surface area contributed by atoms with Crippen LogP contribution < -0.4 is 35.3 Å². The largest absolute Gasteiger partial charge is 1.00 e. The number of carbonyl (C=O) groups is 1. The molecule has 1 amide bonds. The van der Waals surface area contributed by atoms with Gasteiger partial charge in [-0.1, -0.05) is 6.58 Å². The van der Waals surface area contributed by atoms with Crippen LogP contribution in [0.25, 0.3) is 0 Å². The SMILES string of the molecule is C=CC(N)=O.CS(=O)(=O)O.[H-].[Na+]. The molecule has 3 N–H and O–H groups in total. The first kappa shape index (κ1) is 17.3. The molecular weight excluding hydrogens is 181 g/mol. The molecule has 0 aliphatic heterocycles. The Morgan fingerprint density at radius 3 is 1.82 bits per heavy atom. The summed E-state index contributed by atoms with van der Waals surface area (Å²) in [6, 6.07) is 0. The average molecular weight is 191 g/mol. The van der Waals surface area contributed by atoms with Gasteiger partial charge < -0.3 is 7.16 Å². The van der Waals surface area contributed by atoms with Gasteiger partial charge in [-0.2, -0.15) is 8.42 Å². The maximum absolute atomic E-state index is 9.47. The van der Waals surface area contributed by atoms with Crippen LogP contribution in [0.3, 0.4) is 0 Å². The summed E-state index contributed by atoms with van der Waals surface area (Å²) in [4.78, 5) is 9.47. The summed E-state index contributed by atoms with van der Waals surface area (Å²) in [6.07, 6.45) is 1.77. The van der Waals surface area contributed by atoms with Gasteiger partial charge in [-0.05, 0) is 6.08 Å². The molecule has 0 aliphatic rings. The van der Waals surface area contributed by atoms with Crippen LogP contribution in [-0.4, -0.2) is 25.1 Å². The number of amides is 1. The van der Waals surface area contributed by atoms with E-state index in [1.165, 1.54) is 0 Å². The van der Waals surface area contributed by atoms with Gasteiger partial charge in [0, 0.05) is 0 Å². The Labute approximate surface area is 89.2 Å². The van der Waals surface area contributed by atoms with Gasteiger partial charge in [0.05, 0.1) is 6.26 Å². The quantitative estimate of drug-likeness (QED) is 0.253. The molecule has 0 radical (unpaired) electrons. The predicted octanol–water partition coefficient (Wildman–Crippen LogP) is -3.72. The fourth-order valence-corrected chi connectivity index (χ4v) is 0. The fourth-order valence-electron chi connectivity index (χ4n) is 0. The predicted molar refractivity (Wildman–Crippen MR) is 38.0 cm³/mol. The molecule has 0 aromatic heterocycles. The van der Waals surface area contributed by atoms with Crippen molar-refractivity contribution in [3.8, 4) is 0 Å². The molecule has 0 unspecified atom stereocenters. The van der Waals surface area contributed by atoms with Crippen molar-refractivity contribution in [2.24, 2.45) is 5.73 Å². The summed E-state index contributed by atoms with van der Waals surface area (Å²) in [5, 5.41) is 0. The molecule has 0 spiro atoms. The maximum atomic E-state index is 9.47. The Bertz CT molecular complexity index is 207. The number of hydrogen-bond donors (Lipinski definition) is 2. The van der Waals surface area contributed by atoms with Gasteiger partial charge in [0.1, 0.15) is 0 Å². The van der Waals surface area contributed by atoms with Crippen LogP contribution in [0.15, 0.2) is 12.7 Å². The minimum absolute atomic E-state index is 0. The molecule has 0 aromatic carbocycles. The summed E-state index contributed by atoms with van der Waals surface area (Å²) >= 11 is 0. The Kier molecular flexibility index (Phi) is 12.9. The number of rotatable bonds is 1. The van der Waals surface area contributed by atoms with Crippen molar-refractivity contribution in [2.45, 2.75) is 0 Å². The summed E-state index contributed by atoms with van der Waals surface area (Å²) in [7, 11) is -3.67. The van der Waals surface area contributed by atoms with E-state index in [2.05, 4.69) is 12.3 Å². The molecule has 0 aromatic rings. The van der Waals surface area contributed by atoms with Crippen molar-refractivity contribution >= 4 is 16.0 Å². The minimum Gasteiger partial charge on any atom is -1.00 e. The van der Waals surface area contributed by atoms with Gasteiger partial charge in [0.15, 0.2) is 0 Å². The van der Waals surface area contributed by atoms with E-state index in [-0.39, 0.29) is 31.0 Å². The van der Waals surface area contributed by atoms with Crippen LogP contribution in [-0.2, 0) is 14.9 Å². The van der Waals surface area contributed by atoms with Crippen molar-refractivity contribution < 1.29 is 48.7 Å². The van der Waals surface area contributed by atoms with Crippen LogP contribution in [0, 0.1) is 0 Å². The maximum Gasteiger partial charge on any atom is 1.00 e. The van der Waals surface area contributed by atoms with E-state index in [1.54, 1.807) is 0 Å². The Balaban J connectivity index is -0.0000000457. The fraction of sp³-hybridized carbons (Fsp3) is 0.250. The zero-order valence-corrected chi connectivity index (χ0v) is 9.26. The van der Waals surface area contributed by atoms with Gasteiger partial charge >= 0.3 is 29.6 Å². The normalized spacial score (nSPS) is 8.18. The van der Waals surface area contributed by atoms with Crippen molar-refractivity contribution in [3.63, 3.8) is 0 Å². The zero-order chi connectivity index (χ0) is 8.78. The summed E-state index contributed by atoms with van der Waals surface area (Å²) in [6.45, 7) is 3.09. The summed E-state index contributed by atoms with van der Waals surface area (Å²) < 4.78 is 25.9. The first-order chi connectivity index (χ1) is 4.27. The van der Waals surface area contributed by atoms with Crippen LogP contribution in [0.5, 0.6) is 0 Å². The van der Waals surface area contributed by atoms with E-state index >= 15 is 0 Å². The van der Waals surface area contributed by atoms with E-state index in [1.807, 2.05) is 0 Å². The Morgan fingerprint density at radius 2 is 1.82 bits per heavy atom. The second kappa shape index (κ2) is 8.22. The third kappa shape index (κ3) is 148. The van der Waals surface area contributed by atoms with E-state index < -0.39 is 16.0 Å². The van der Waals surface area contributed by atoms with Crippen LogP contribution in [0.1, 0.15) is 1.43 Å².